The maximum absolute atomic E-state index is 10.6. The fourth-order valence-corrected chi connectivity index (χ4v) is 1.27. The van der Waals surface area contributed by atoms with Crippen molar-refractivity contribution in [2.24, 2.45) is 5.73 Å². The van der Waals surface area contributed by atoms with Gasteiger partial charge in [-0.2, -0.15) is 0 Å². The summed E-state index contributed by atoms with van der Waals surface area (Å²) in [6.45, 7) is 0. The summed E-state index contributed by atoms with van der Waals surface area (Å²) in [6, 6.07) is 2.53. The number of hydrogen-bond acceptors (Lipinski definition) is 3. The highest BCUT2D eigenvalue weighted by molar-refractivity contribution is 5.80. The fourth-order valence-electron chi connectivity index (χ4n) is 1.27. The average molecular weight is 191 g/mol. The van der Waals surface area contributed by atoms with Crippen LogP contribution in [0.4, 0.5) is 0 Å². The standard InChI is InChI=1S/C9H9N3O2/c10-7(9(13)14)6-3-5-1-2-11-8(5)12-4-6/h1-4,7H,10H2,(H,11,12)(H,13,14). The molecule has 0 amide bonds. The van der Waals surface area contributed by atoms with Crippen molar-refractivity contribution in [3.8, 4) is 0 Å². The largest absolute Gasteiger partial charge is 0.480 e. The molecule has 2 aromatic heterocycles. The van der Waals surface area contributed by atoms with Crippen LogP contribution < -0.4 is 5.73 Å². The Hall–Kier alpha value is -1.88. The maximum Gasteiger partial charge on any atom is 0.325 e. The van der Waals surface area contributed by atoms with E-state index in [4.69, 9.17) is 10.8 Å². The zero-order valence-electron chi connectivity index (χ0n) is 7.27. The molecule has 5 nitrogen and oxygen atoms in total. The second-order valence-electron chi connectivity index (χ2n) is 3.00. The van der Waals surface area contributed by atoms with Gasteiger partial charge in [0.2, 0.25) is 0 Å². The van der Waals surface area contributed by atoms with Crippen LogP contribution in [-0.4, -0.2) is 21.0 Å². The number of carbonyl (C=O) groups is 1. The van der Waals surface area contributed by atoms with E-state index in [-0.39, 0.29) is 0 Å². The minimum atomic E-state index is -1.05. The minimum absolute atomic E-state index is 0.504. The van der Waals surface area contributed by atoms with E-state index in [1.54, 1.807) is 12.3 Å². The number of nitrogens with zero attached hydrogens (tertiary/aromatic N) is 1. The number of H-pyrrole nitrogens is 1. The molecule has 5 heteroatoms. The molecule has 0 saturated heterocycles. The predicted molar refractivity (Wildman–Crippen MR) is 50.7 cm³/mol. The summed E-state index contributed by atoms with van der Waals surface area (Å²) < 4.78 is 0. The number of nitrogens with one attached hydrogen (secondary N) is 1. The lowest BCUT2D eigenvalue weighted by molar-refractivity contribution is -0.138. The molecular weight excluding hydrogens is 182 g/mol. The summed E-state index contributed by atoms with van der Waals surface area (Å²) in [5.74, 6) is -1.05. The van der Waals surface area contributed by atoms with Gasteiger partial charge in [-0.3, -0.25) is 4.79 Å². The molecule has 0 aromatic carbocycles. The number of pyridine rings is 1. The predicted octanol–water partition coefficient (Wildman–Crippen LogP) is 0.647. The number of carboxylic acids is 1. The zero-order chi connectivity index (χ0) is 10.1. The second kappa shape index (κ2) is 3.12. The molecule has 14 heavy (non-hydrogen) atoms. The van der Waals surface area contributed by atoms with Gasteiger partial charge >= 0.3 is 5.97 Å². The van der Waals surface area contributed by atoms with Gasteiger partial charge in [0.15, 0.2) is 0 Å². The van der Waals surface area contributed by atoms with Crippen molar-refractivity contribution in [1.29, 1.82) is 0 Å². The smallest absolute Gasteiger partial charge is 0.325 e. The number of aromatic amines is 1. The Kier molecular flexibility index (Phi) is 1.94. The van der Waals surface area contributed by atoms with Crippen LogP contribution in [0.1, 0.15) is 11.6 Å². The van der Waals surface area contributed by atoms with E-state index in [1.807, 2.05) is 6.07 Å². The van der Waals surface area contributed by atoms with Gasteiger partial charge < -0.3 is 15.8 Å². The van der Waals surface area contributed by atoms with Gasteiger partial charge in [-0.1, -0.05) is 0 Å². The van der Waals surface area contributed by atoms with Gasteiger partial charge in [-0.15, -0.1) is 0 Å². The molecule has 0 spiro atoms. The van der Waals surface area contributed by atoms with Crippen molar-refractivity contribution in [2.45, 2.75) is 6.04 Å². The summed E-state index contributed by atoms with van der Waals surface area (Å²) >= 11 is 0. The Morgan fingerprint density at radius 2 is 2.43 bits per heavy atom. The molecule has 0 aliphatic rings. The van der Waals surface area contributed by atoms with E-state index in [0.717, 1.165) is 11.0 Å². The second-order valence-corrected chi connectivity index (χ2v) is 3.00. The molecule has 1 atom stereocenters. The van der Waals surface area contributed by atoms with Crippen molar-refractivity contribution < 1.29 is 9.90 Å². The number of rotatable bonds is 2. The highest BCUT2D eigenvalue weighted by atomic mass is 16.4. The van der Waals surface area contributed by atoms with Crippen LogP contribution in [0, 0.1) is 0 Å². The SMILES string of the molecule is NC(C(=O)O)c1cnc2[nH]ccc2c1. The zero-order valence-corrected chi connectivity index (χ0v) is 7.27. The van der Waals surface area contributed by atoms with Gasteiger partial charge in [-0.05, 0) is 17.7 Å². The maximum atomic E-state index is 10.6. The minimum Gasteiger partial charge on any atom is -0.480 e. The number of hydrogen-bond donors (Lipinski definition) is 3. The Morgan fingerprint density at radius 3 is 3.14 bits per heavy atom. The Balaban J connectivity index is 2.48. The van der Waals surface area contributed by atoms with E-state index in [9.17, 15) is 4.79 Å². The lowest BCUT2D eigenvalue weighted by atomic mass is 10.1. The molecule has 0 radical (unpaired) electrons. The number of fused-ring (bicyclic) bond motifs is 1. The van der Waals surface area contributed by atoms with Crippen molar-refractivity contribution in [3.63, 3.8) is 0 Å². The monoisotopic (exact) mass is 191 g/mol. The van der Waals surface area contributed by atoms with Crippen molar-refractivity contribution in [2.75, 3.05) is 0 Å². The third-order valence-electron chi connectivity index (χ3n) is 2.05. The molecule has 72 valence electrons. The van der Waals surface area contributed by atoms with Crippen LogP contribution in [0.5, 0.6) is 0 Å². The summed E-state index contributed by atoms with van der Waals surface area (Å²) in [7, 11) is 0. The number of aliphatic carboxylic acids is 1. The molecule has 2 heterocycles. The lowest BCUT2D eigenvalue weighted by Gasteiger charge is -2.05. The van der Waals surface area contributed by atoms with Crippen molar-refractivity contribution >= 4 is 17.0 Å². The highest BCUT2D eigenvalue weighted by Gasteiger charge is 2.14. The van der Waals surface area contributed by atoms with E-state index in [1.165, 1.54) is 6.20 Å². The average Bonchev–Trinajstić information content (AvgIpc) is 2.62. The first-order valence-corrected chi connectivity index (χ1v) is 4.10. The Bertz CT molecular complexity index is 478. The van der Waals surface area contributed by atoms with Crippen LogP contribution >= 0.6 is 0 Å². The quantitative estimate of drug-likeness (QED) is 0.649. The van der Waals surface area contributed by atoms with Gasteiger partial charge in [0.05, 0.1) is 0 Å². The topological polar surface area (TPSA) is 92.0 Å². The van der Waals surface area contributed by atoms with Crippen LogP contribution in [0.2, 0.25) is 0 Å². The van der Waals surface area contributed by atoms with Gasteiger partial charge in [-0.25, -0.2) is 4.98 Å². The van der Waals surface area contributed by atoms with Crippen LogP contribution in [-0.2, 0) is 4.79 Å². The Labute approximate surface area is 79.6 Å². The first kappa shape index (κ1) is 8.71. The van der Waals surface area contributed by atoms with E-state index < -0.39 is 12.0 Å². The summed E-state index contributed by atoms with van der Waals surface area (Å²) in [6.07, 6.45) is 3.21. The molecule has 0 aliphatic carbocycles. The Morgan fingerprint density at radius 1 is 1.64 bits per heavy atom. The summed E-state index contributed by atoms with van der Waals surface area (Å²) in [5, 5.41) is 9.56. The third-order valence-corrected chi connectivity index (χ3v) is 2.05. The molecule has 1 unspecified atom stereocenters. The number of nitrogens with two attached hydrogens (primary N) is 1. The van der Waals surface area contributed by atoms with Crippen molar-refractivity contribution in [1.82, 2.24) is 9.97 Å². The first-order valence-electron chi connectivity index (χ1n) is 4.10. The van der Waals surface area contributed by atoms with Crippen molar-refractivity contribution in [3.05, 3.63) is 30.1 Å². The molecule has 4 N–H and O–H groups in total. The molecule has 0 aliphatic heterocycles. The summed E-state index contributed by atoms with van der Waals surface area (Å²) in [4.78, 5) is 17.6. The van der Waals surface area contributed by atoms with E-state index >= 15 is 0 Å². The molecule has 0 saturated carbocycles. The molecule has 0 fully saturated rings. The number of aromatic nitrogens is 2. The number of carboxylic acid groups (broad SMARTS) is 1. The first-order chi connectivity index (χ1) is 6.68. The van der Waals surface area contributed by atoms with Crippen LogP contribution in [0.15, 0.2) is 24.5 Å². The van der Waals surface area contributed by atoms with Gasteiger partial charge in [0.1, 0.15) is 11.7 Å². The molecule has 2 aromatic rings. The van der Waals surface area contributed by atoms with Gasteiger partial charge in [0.25, 0.3) is 0 Å². The highest BCUT2D eigenvalue weighted by Crippen LogP contribution is 2.15. The summed E-state index contributed by atoms with van der Waals surface area (Å²) in [5.41, 5.74) is 6.68. The van der Waals surface area contributed by atoms with Crippen LogP contribution in [0.3, 0.4) is 0 Å². The lowest BCUT2D eigenvalue weighted by Crippen LogP contribution is -2.20. The van der Waals surface area contributed by atoms with E-state index in [2.05, 4.69) is 9.97 Å². The molecule has 0 bridgehead atoms. The molecule has 2 rings (SSSR count). The van der Waals surface area contributed by atoms with Crippen LogP contribution in [0.25, 0.3) is 11.0 Å². The molecular formula is C9H9N3O2. The third kappa shape index (κ3) is 1.33. The normalized spacial score (nSPS) is 12.9. The van der Waals surface area contributed by atoms with Gasteiger partial charge in [0, 0.05) is 17.8 Å². The van der Waals surface area contributed by atoms with E-state index in [0.29, 0.717) is 5.56 Å². The fraction of sp³-hybridized carbons (Fsp3) is 0.111.